The van der Waals surface area contributed by atoms with Crippen molar-refractivity contribution in [3.63, 3.8) is 0 Å². The molecule has 0 saturated carbocycles. The minimum absolute atomic E-state index is 0. The summed E-state index contributed by atoms with van der Waals surface area (Å²) in [6, 6.07) is 12.9. The summed E-state index contributed by atoms with van der Waals surface area (Å²) < 4.78 is 4.65. The monoisotopic (exact) mass is 536 g/mol. The first kappa shape index (κ1) is 38.0. The quantitative estimate of drug-likeness (QED) is 0.468. The molecule has 39 heavy (non-hydrogen) atoms. The second-order valence-corrected chi connectivity index (χ2v) is 8.66. The van der Waals surface area contributed by atoms with Gasteiger partial charge in [0, 0.05) is 37.3 Å². The molecule has 2 saturated heterocycles. The average molecular weight is 537 g/mol. The van der Waals surface area contributed by atoms with E-state index in [1.807, 2.05) is 4.90 Å². The van der Waals surface area contributed by atoms with E-state index in [0.717, 1.165) is 51.9 Å². The van der Waals surface area contributed by atoms with Crippen molar-refractivity contribution in [1.29, 1.82) is 0 Å². The smallest absolute Gasteiger partial charge is 0.870 e. The van der Waals surface area contributed by atoms with Crippen molar-refractivity contribution in [3.05, 3.63) is 70.8 Å². The molecule has 2 heterocycles. The van der Waals surface area contributed by atoms with Crippen LogP contribution in [-0.4, -0.2) is 77.4 Å². The van der Waals surface area contributed by atoms with E-state index in [-0.39, 0.29) is 56.6 Å². The molecule has 0 bridgehead atoms. The van der Waals surface area contributed by atoms with E-state index in [1.54, 1.807) is 41.3 Å². The van der Waals surface area contributed by atoms with Crippen molar-refractivity contribution in [2.24, 2.45) is 0 Å². The number of methoxy groups -OCH3 is 1. The summed E-state index contributed by atoms with van der Waals surface area (Å²) in [7, 11) is 1.33. The number of piperidine rings is 2. The van der Waals surface area contributed by atoms with Gasteiger partial charge in [-0.1, -0.05) is 27.0 Å². The van der Waals surface area contributed by atoms with Crippen LogP contribution in [0.2, 0.25) is 0 Å². The molecule has 2 amide bonds. The van der Waals surface area contributed by atoms with Crippen LogP contribution in [-0.2, 0) is 4.74 Å². The first-order chi connectivity index (χ1) is 16.9. The van der Waals surface area contributed by atoms with Crippen LogP contribution in [0.5, 0.6) is 0 Å². The van der Waals surface area contributed by atoms with Crippen LogP contribution < -0.4 is 18.9 Å². The summed E-state index contributed by atoms with van der Waals surface area (Å²) in [5, 5.41) is 8.88. The van der Waals surface area contributed by atoms with E-state index in [9.17, 15) is 19.2 Å². The molecule has 0 unspecified atom stereocenters. The van der Waals surface area contributed by atoms with E-state index < -0.39 is 11.9 Å². The number of esters is 1. The van der Waals surface area contributed by atoms with Crippen LogP contribution in [0.4, 0.5) is 0 Å². The fourth-order valence-electron chi connectivity index (χ4n) is 4.24. The molecule has 10 heteroatoms. The van der Waals surface area contributed by atoms with Gasteiger partial charge in [0.25, 0.3) is 11.8 Å². The minimum atomic E-state index is -1.00. The fourth-order valence-corrected chi connectivity index (χ4v) is 4.24. The second kappa shape index (κ2) is 19.0. The van der Waals surface area contributed by atoms with Crippen molar-refractivity contribution >= 4 is 23.8 Å². The van der Waals surface area contributed by atoms with Gasteiger partial charge in [-0.3, -0.25) is 9.59 Å². The number of nitrogens with zero attached hydrogens (tertiary/aromatic N) is 2. The topological polar surface area (TPSA) is 134 Å². The van der Waals surface area contributed by atoms with Gasteiger partial charge >= 0.3 is 30.8 Å². The summed E-state index contributed by atoms with van der Waals surface area (Å²) in [4.78, 5) is 50.2. The van der Waals surface area contributed by atoms with Crippen LogP contribution in [0.15, 0.2) is 48.5 Å². The molecule has 9 nitrogen and oxygen atoms in total. The number of ether oxygens (including phenoxy) is 1. The van der Waals surface area contributed by atoms with Crippen molar-refractivity contribution in [3.8, 4) is 0 Å². The predicted molar refractivity (Wildman–Crippen MR) is 146 cm³/mol. The summed E-state index contributed by atoms with van der Waals surface area (Å²) >= 11 is 0. The molecule has 2 aliphatic heterocycles. The molecule has 210 valence electrons. The molecule has 0 aromatic heterocycles. The Labute approximate surface area is 244 Å². The molecule has 0 spiro atoms. The fraction of sp³-hybridized carbons (Fsp3) is 0.448. The summed E-state index contributed by atoms with van der Waals surface area (Å²) in [5.41, 5.74) is 1.60. The molecule has 4 rings (SSSR count). The van der Waals surface area contributed by atoms with Crippen LogP contribution in [0.3, 0.4) is 0 Å². The summed E-state index contributed by atoms with van der Waals surface area (Å²) in [6.07, 6.45) is 6.53. The molecule has 0 aliphatic carbocycles. The molecule has 2 aromatic rings. The standard InChI is InChI=1S/C14H17NO3.C13H15NO3.2CH4.Li.H2O/c1-18-14(17)12-7-5-6-11(10-12)13(16)15-8-3-2-4-9-15;15-12(14-7-2-1-3-8-14)10-5-4-6-11(9-10)13(16)17;;;;/h5-7,10H,2-4,8-9H2,1H3;4-6,9H,1-3,7-8H2,(H,16,17);2*1H4;;1H2/q;;;;+1;/p-1. The zero-order valence-corrected chi connectivity index (χ0v) is 21.5. The van der Waals surface area contributed by atoms with Gasteiger partial charge in [-0.05, 0) is 74.9 Å². The van der Waals surface area contributed by atoms with Crippen LogP contribution in [0.25, 0.3) is 0 Å². The van der Waals surface area contributed by atoms with Crippen molar-refractivity contribution in [1.82, 2.24) is 9.80 Å². The third-order valence-corrected chi connectivity index (χ3v) is 6.17. The number of hydrogen-bond donors (Lipinski definition) is 1. The Hall–Kier alpha value is -3.12. The molecule has 0 atom stereocenters. The Morgan fingerprint density at radius 2 is 1.03 bits per heavy atom. The maximum absolute atomic E-state index is 12.2. The first-order valence-corrected chi connectivity index (χ1v) is 12.0. The number of carbonyl (C=O) groups excluding carboxylic acids is 3. The molecule has 0 radical (unpaired) electrons. The zero-order chi connectivity index (χ0) is 25.2. The number of carboxylic acid groups (broad SMARTS) is 1. The second-order valence-electron chi connectivity index (χ2n) is 8.66. The zero-order valence-electron chi connectivity index (χ0n) is 21.5. The number of hydrogen-bond acceptors (Lipinski definition) is 6. The third-order valence-electron chi connectivity index (χ3n) is 6.17. The van der Waals surface area contributed by atoms with Crippen LogP contribution in [0, 0.1) is 0 Å². The number of aromatic carboxylic acids is 1. The van der Waals surface area contributed by atoms with Crippen molar-refractivity contribution in [2.45, 2.75) is 53.4 Å². The van der Waals surface area contributed by atoms with E-state index in [4.69, 9.17) is 5.11 Å². The SMILES string of the molecule is C.C.COC(=O)c1cccc(C(=O)N2CCCCC2)c1.O=C(O)c1cccc(C(=O)N2CCCCC2)c1.[Li+].[OH-]. The number of carbonyl (C=O) groups is 4. The Morgan fingerprint density at radius 3 is 1.41 bits per heavy atom. The van der Waals surface area contributed by atoms with Gasteiger partial charge in [0.2, 0.25) is 0 Å². The predicted octanol–water partition coefficient (Wildman–Crippen LogP) is 2.21. The first-order valence-electron chi connectivity index (χ1n) is 12.0. The van der Waals surface area contributed by atoms with Crippen molar-refractivity contribution < 1.29 is 53.4 Å². The molecule has 2 N–H and O–H groups in total. The maximum Gasteiger partial charge on any atom is 1.00 e. The van der Waals surface area contributed by atoms with E-state index in [1.165, 1.54) is 32.1 Å². The van der Waals surface area contributed by atoms with Gasteiger partial charge in [-0.2, -0.15) is 0 Å². The van der Waals surface area contributed by atoms with Gasteiger partial charge in [0.1, 0.15) is 0 Å². The molecular weight excluding hydrogens is 495 g/mol. The summed E-state index contributed by atoms with van der Waals surface area (Å²) in [5.74, 6) is -1.48. The Balaban J connectivity index is 0. The number of carboxylic acids is 1. The van der Waals surface area contributed by atoms with Crippen LogP contribution >= 0.6 is 0 Å². The van der Waals surface area contributed by atoms with Gasteiger partial charge in [0.05, 0.1) is 18.2 Å². The largest absolute Gasteiger partial charge is 1.00 e. The minimum Gasteiger partial charge on any atom is -0.870 e. The number of benzene rings is 2. The Morgan fingerprint density at radius 1 is 0.667 bits per heavy atom. The van der Waals surface area contributed by atoms with Gasteiger partial charge in [-0.15, -0.1) is 0 Å². The summed E-state index contributed by atoms with van der Waals surface area (Å²) in [6.45, 7) is 3.16. The number of likely N-dealkylation sites (tertiary alicyclic amines) is 2. The number of rotatable bonds is 4. The van der Waals surface area contributed by atoms with Gasteiger partial charge < -0.3 is 25.1 Å². The van der Waals surface area contributed by atoms with E-state index in [0.29, 0.717) is 16.7 Å². The molecule has 2 aromatic carbocycles. The molecule has 2 aliphatic rings. The molecule has 2 fully saturated rings. The van der Waals surface area contributed by atoms with Crippen LogP contribution in [0.1, 0.15) is 94.8 Å². The van der Waals surface area contributed by atoms with Crippen molar-refractivity contribution in [2.75, 3.05) is 33.3 Å². The van der Waals surface area contributed by atoms with Gasteiger partial charge in [0.15, 0.2) is 0 Å². The maximum atomic E-state index is 12.2. The molecular formula is C29H41LiN2O7. The third kappa shape index (κ3) is 10.9. The van der Waals surface area contributed by atoms with Gasteiger partial charge in [-0.25, -0.2) is 9.59 Å². The Bertz CT molecular complexity index is 1070. The number of amides is 2. The van der Waals surface area contributed by atoms with E-state index in [2.05, 4.69) is 4.74 Å². The average Bonchev–Trinajstić information content (AvgIpc) is 2.93. The Kier molecular flexibility index (Phi) is 18.5. The van der Waals surface area contributed by atoms with E-state index >= 15 is 0 Å². The normalized spacial score (nSPS) is 13.9.